The van der Waals surface area contributed by atoms with E-state index in [1.54, 1.807) is 0 Å². The standard InChI is InChI=1S/C63H90N15O20P3/c1-34(2)12-9-13-35(3)14-10-15-36(4)16-11-20-63(8)21-19-43-39(7)52(37(5)38(6)53(43)94-63)93-47(80)17-18-48(81)98-101(86,87)97-46-24-42(92-62(46)78-33-75-51-56(66)69-30-72-59(51)78)27-89-100(84,85)96-45-23-41(91-61(45)77-32-74-50-55(65)68-29-71-58(50)77)26-88-99(82,83)95-44-22-40(25-79)90-60(44)76-31-73-49-54(64)67-28-70-57(49)76/h28-36,40-42,44-46,60-62,79H,9-27H2,1-8H3,(H,82,83)(H,84,85)(H,86,87)(H2,64,67,70)(H2,65,68,71)(H2,66,69,72)/t35-,36-,40+,41+,42+,44-,45-,46-,60-,61-,62-,63-/m1/s1. The number of aliphatic hydroxyl groups is 1. The number of hydrogen-bond donors (Lipinski definition) is 7. The number of carbonyl (C=O) groups is 2. The van der Waals surface area contributed by atoms with Gasteiger partial charge in [-0.25, -0.2) is 58.6 Å². The van der Waals surface area contributed by atoms with E-state index in [0.29, 0.717) is 23.7 Å². The predicted octanol–water partition coefficient (Wildman–Crippen LogP) is 8.97. The third-order valence-corrected chi connectivity index (χ3v) is 22.1. The van der Waals surface area contributed by atoms with Crippen LogP contribution in [0.4, 0.5) is 17.5 Å². The van der Waals surface area contributed by atoms with Gasteiger partial charge in [0.15, 0.2) is 53.1 Å². The molecule has 3 unspecified atom stereocenters. The van der Waals surface area contributed by atoms with E-state index >= 15 is 0 Å². The fourth-order valence-corrected chi connectivity index (χ4v) is 16.4. The number of esters is 1. The van der Waals surface area contributed by atoms with Crippen molar-refractivity contribution in [2.45, 2.75) is 219 Å². The molecule has 0 saturated carbocycles. The Labute approximate surface area is 582 Å². The molecular weight excluding hydrogens is 1380 g/mol. The van der Waals surface area contributed by atoms with E-state index in [2.05, 4.69) is 79.5 Å². The van der Waals surface area contributed by atoms with Gasteiger partial charge >= 0.3 is 35.4 Å². The van der Waals surface area contributed by atoms with E-state index in [1.165, 1.54) is 77.5 Å². The highest BCUT2D eigenvalue weighted by atomic mass is 31.2. The fraction of sp³-hybridized carbons (Fsp3) is 0.635. The number of hydrogen-bond acceptors (Lipinski definition) is 29. The molecule has 7 aromatic rings. The van der Waals surface area contributed by atoms with Crippen LogP contribution in [-0.4, -0.2) is 152 Å². The summed E-state index contributed by atoms with van der Waals surface area (Å²) in [5, 5.41) is 10.00. The molecule has 0 bridgehead atoms. The number of rotatable bonds is 33. The van der Waals surface area contributed by atoms with E-state index in [1.807, 2.05) is 20.8 Å². The Morgan fingerprint density at radius 2 is 1.01 bits per heavy atom. The molecule has 0 radical (unpaired) electrons. The van der Waals surface area contributed by atoms with Gasteiger partial charge in [0, 0.05) is 24.8 Å². The van der Waals surface area contributed by atoms with Crippen LogP contribution < -0.4 is 26.7 Å². The monoisotopic (exact) mass is 1470 g/mol. The summed E-state index contributed by atoms with van der Waals surface area (Å²) in [5.41, 5.74) is 21.9. The molecule has 4 aliphatic heterocycles. The van der Waals surface area contributed by atoms with Crippen molar-refractivity contribution in [3.8, 4) is 11.5 Å². The molecule has 0 amide bonds. The maximum atomic E-state index is 14.1. The lowest BCUT2D eigenvalue weighted by Gasteiger charge is -2.38. The van der Waals surface area contributed by atoms with Crippen LogP contribution in [0, 0.1) is 38.5 Å². The maximum Gasteiger partial charge on any atom is 0.530 e. The van der Waals surface area contributed by atoms with Crippen molar-refractivity contribution in [3.63, 3.8) is 0 Å². The summed E-state index contributed by atoms with van der Waals surface area (Å²) in [6.07, 6.45) is 6.34. The summed E-state index contributed by atoms with van der Waals surface area (Å²) >= 11 is 0. The molecule has 38 heteroatoms. The van der Waals surface area contributed by atoms with E-state index in [4.69, 9.17) is 68.0 Å². The number of benzene rings is 1. The lowest BCUT2D eigenvalue weighted by atomic mass is 9.83. The van der Waals surface area contributed by atoms with Gasteiger partial charge in [0.1, 0.15) is 70.9 Å². The number of aromatic nitrogens is 12. The minimum absolute atomic E-state index is 0.00929. The summed E-state index contributed by atoms with van der Waals surface area (Å²) in [6.45, 7) is 15.2. The van der Waals surface area contributed by atoms with Gasteiger partial charge in [-0.2, -0.15) is 0 Å². The summed E-state index contributed by atoms with van der Waals surface area (Å²) in [7, 11) is -15.6. The highest BCUT2D eigenvalue weighted by molar-refractivity contribution is 7.48. The second-order valence-electron chi connectivity index (χ2n) is 27.4. The van der Waals surface area contributed by atoms with E-state index in [0.717, 1.165) is 72.6 Å². The first kappa shape index (κ1) is 75.4. The minimum Gasteiger partial charge on any atom is -0.487 e. The molecule has 15 atom stereocenters. The highest BCUT2D eigenvalue weighted by Gasteiger charge is 2.49. The molecule has 0 spiro atoms. The van der Waals surface area contributed by atoms with Crippen molar-refractivity contribution in [2.24, 2.45) is 17.8 Å². The molecule has 6 aromatic heterocycles. The first-order chi connectivity index (χ1) is 48.0. The molecule has 10 heterocycles. The van der Waals surface area contributed by atoms with Crippen molar-refractivity contribution >= 4 is 86.4 Å². The zero-order valence-electron chi connectivity index (χ0n) is 57.6. The smallest absolute Gasteiger partial charge is 0.487 e. The lowest BCUT2D eigenvalue weighted by Crippen LogP contribution is -2.37. The summed E-state index contributed by atoms with van der Waals surface area (Å²) in [4.78, 5) is 98.0. The van der Waals surface area contributed by atoms with Gasteiger partial charge in [0.2, 0.25) is 0 Å². The van der Waals surface area contributed by atoms with E-state index in [-0.39, 0.29) is 75.8 Å². The van der Waals surface area contributed by atoms with Crippen molar-refractivity contribution in [3.05, 3.63) is 60.2 Å². The van der Waals surface area contributed by atoms with Gasteiger partial charge < -0.3 is 60.3 Å². The number of fused-ring (bicyclic) bond motifs is 4. The summed E-state index contributed by atoms with van der Waals surface area (Å²) in [6, 6.07) is 0. The van der Waals surface area contributed by atoms with Crippen LogP contribution >= 0.6 is 23.5 Å². The number of anilines is 3. The lowest BCUT2D eigenvalue weighted by molar-refractivity contribution is -0.142. The first-order valence-electron chi connectivity index (χ1n) is 33.9. The number of aliphatic hydroxyl groups excluding tert-OH is 1. The van der Waals surface area contributed by atoms with Gasteiger partial charge in [-0.05, 0) is 87.8 Å². The molecule has 0 aliphatic carbocycles. The molecule has 4 aliphatic rings. The van der Waals surface area contributed by atoms with Crippen LogP contribution in [0.25, 0.3) is 33.5 Å². The van der Waals surface area contributed by atoms with Gasteiger partial charge in [-0.3, -0.25) is 50.8 Å². The Morgan fingerprint density at radius 3 is 1.48 bits per heavy atom. The molecule has 10 N–H and O–H groups in total. The quantitative estimate of drug-likeness (QED) is 0.0115. The SMILES string of the molecule is Cc1c(C)c2c(c(C)c1OC(=O)CCC(=O)OP(=O)(O)O[C@@H]1C[C@@H](COP(=O)(O)O[C@@H]3C[C@@H](COP(=O)(O)O[C@@H]4C[C@@H](CO)O[C@H]4n4cnc5c(N)ncnc54)O[C@H]3n3cnc4c(N)ncnc43)O[C@H]1n1cnc3c(N)ncnc31)CC[C@@](C)(CCC[C@H](C)CCC[C@H](C)CCCC(C)C)O2. The highest BCUT2D eigenvalue weighted by Crippen LogP contribution is 2.55. The van der Waals surface area contributed by atoms with E-state index in [9.17, 15) is 43.1 Å². The number of ether oxygens (including phenoxy) is 5. The average molecular weight is 1470 g/mol. The van der Waals surface area contributed by atoms with Crippen LogP contribution in [0.5, 0.6) is 11.5 Å². The second-order valence-corrected chi connectivity index (χ2v) is 31.5. The number of carbonyl (C=O) groups excluding carboxylic acids is 2. The van der Waals surface area contributed by atoms with Crippen molar-refractivity contribution < 1.29 is 93.9 Å². The second kappa shape index (κ2) is 31.7. The number of nitrogens with zero attached hydrogens (tertiary/aromatic N) is 12. The van der Waals surface area contributed by atoms with Crippen LogP contribution in [0.2, 0.25) is 0 Å². The molecule has 3 fully saturated rings. The van der Waals surface area contributed by atoms with Crippen LogP contribution in [0.3, 0.4) is 0 Å². The third kappa shape index (κ3) is 18.1. The van der Waals surface area contributed by atoms with Gasteiger partial charge in [0.05, 0.1) is 70.0 Å². The maximum absolute atomic E-state index is 14.1. The van der Waals surface area contributed by atoms with Crippen LogP contribution in [0.1, 0.15) is 172 Å². The molecule has 3 saturated heterocycles. The van der Waals surface area contributed by atoms with Crippen molar-refractivity contribution in [2.75, 3.05) is 37.0 Å². The number of nitrogens with two attached hydrogens (primary N) is 3. The Hall–Kier alpha value is -6.78. The fourth-order valence-electron chi connectivity index (χ4n) is 13.6. The van der Waals surface area contributed by atoms with Crippen LogP contribution in [0.15, 0.2) is 38.0 Å². The topological polar surface area (TPSA) is 477 Å². The first-order valence-corrected chi connectivity index (χ1v) is 38.4. The molecular formula is C63H90N15O20P3. The summed E-state index contributed by atoms with van der Waals surface area (Å²) in [5.74, 6) is 1.25. The van der Waals surface area contributed by atoms with Gasteiger partial charge in [-0.15, -0.1) is 0 Å². The molecule has 552 valence electrons. The van der Waals surface area contributed by atoms with Crippen molar-refractivity contribution in [1.29, 1.82) is 0 Å². The zero-order chi connectivity index (χ0) is 72.3. The zero-order valence-corrected chi connectivity index (χ0v) is 60.3. The van der Waals surface area contributed by atoms with Crippen LogP contribution in [-0.2, 0) is 71.1 Å². The average Bonchev–Trinajstić information content (AvgIpc) is 1.65. The Balaban J connectivity index is 0.697. The number of nitrogen functional groups attached to an aromatic ring is 3. The number of imidazole rings is 3. The summed E-state index contributed by atoms with van der Waals surface area (Å²) < 4.78 is 110. The number of phosphoric acid groups is 3. The van der Waals surface area contributed by atoms with Crippen molar-refractivity contribution in [1.82, 2.24) is 58.6 Å². The van der Waals surface area contributed by atoms with Gasteiger partial charge in [-0.1, -0.05) is 72.6 Å². The molecule has 101 heavy (non-hydrogen) atoms. The Kier molecular flexibility index (Phi) is 23.6. The third-order valence-electron chi connectivity index (χ3n) is 19.1. The normalized spacial score (nSPS) is 25.5. The van der Waals surface area contributed by atoms with E-state index < -0.39 is 123 Å². The molecule has 35 nitrogen and oxygen atoms in total. The predicted molar refractivity (Wildman–Crippen MR) is 362 cm³/mol. The van der Waals surface area contributed by atoms with Gasteiger partial charge in [0.25, 0.3) is 0 Å². The molecule has 11 rings (SSSR count). The minimum atomic E-state index is -5.39. The number of phosphoric ester groups is 3. The Bertz CT molecular complexity index is 4260. The molecule has 1 aromatic carbocycles. The largest absolute Gasteiger partial charge is 0.530 e. The Morgan fingerprint density at radius 1 is 0.584 bits per heavy atom.